The van der Waals surface area contributed by atoms with Gasteiger partial charge in [0, 0.05) is 29.6 Å². The second-order valence-corrected chi connectivity index (χ2v) is 12.1. The molecule has 1 saturated carbocycles. The highest BCUT2D eigenvalue weighted by Crippen LogP contribution is 2.47. The summed E-state index contributed by atoms with van der Waals surface area (Å²) in [5, 5.41) is 13.6. The molecule has 228 valence electrons. The summed E-state index contributed by atoms with van der Waals surface area (Å²) in [6, 6.07) is 7.88. The molecular formula is C33H39F3N6O. The van der Waals surface area contributed by atoms with E-state index in [0.29, 0.717) is 67.6 Å². The van der Waals surface area contributed by atoms with Crippen LogP contribution in [0.4, 0.5) is 19.0 Å². The number of fused-ring (bicyclic) bond motifs is 1. The Morgan fingerprint density at radius 1 is 1.23 bits per heavy atom. The highest BCUT2D eigenvalue weighted by Gasteiger charge is 2.48. The molecule has 1 aliphatic carbocycles. The zero-order chi connectivity index (χ0) is 30.8. The van der Waals surface area contributed by atoms with Crippen molar-refractivity contribution in [1.82, 2.24) is 19.4 Å². The van der Waals surface area contributed by atoms with E-state index in [1.54, 1.807) is 10.6 Å². The minimum absolute atomic E-state index is 0.0931. The van der Waals surface area contributed by atoms with Crippen LogP contribution in [0.5, 0.6) is 0 Å². The Bertz CT molecular complexity index is 1600. The van der Waals surface area contributed by atoms with Gasteiger partial charge in [-0.25, -0.2) is 23.1 Å². The first-order valence-corrected chi connectivity index (χ1v) is 15.2. The molecule has 0 amide bonds. The van der Waals surface area contributed by atoms with Crippen LogP contribution in [0.2, 0.25) is 0 Å². The van der Waals surface area contributed by atoms with Crippen LogP contribution in [-0.4, -0.2) is 39.6 Å². The number of piperidine rings is 1. The number of rotatable bonds is 11. The molecule has 3 heterocycles. The van der Waals surface area contributed by atoms with E-state index in [2.05, 4.69) is 34.4 Å². The third-order valence-corrected chi connectivity index (χ3v) is 8.96. The lowest BCUT2D eigenvalue weighted by atomic mass is 9.86. The van der Waals surface area contributed by atoms with Gasteiger partial charge in [0.1, 0.15) is 23.6 Å². The first-order valence-electron chi connectivity index (χ1n) is 15.2. The third-order valence-electron chi connectivity index (χ3n) is 8.96. The molecule has 10 heteroatoms. The van der Waals surface area contributed by atoms with Crippen molar-refractivity contribution in [1.29, 1.82) is 5.26 Å². The minimum Gasteiger partial charge on any atom is -0.365 e. The lowest BCUT2D eigenvalue weighted by molar-refractivity contribution is -0.0862. The van der Waals surface area contributed by atoms with Gasteiger partial charge in [0.2, 0.25) is 0 Å². The van der Waals surface area contributed by atoms with E-state index >= 15 is 13.2 Å². The molecule has 0 radical (unpaired) electrons. The van der Waals surface area contributed by atoms with E-state index in [4.69, 9.17) is 0 Å². The fourth-order valence-corrected chi connectivity index (χ4v) is 6.03. The average Bonchev–Trinajstić information content (AvgIpc) is 3.79. The zero-order valence-corrected chi connectivity index (χ0v) is 25.0. The van der Waals surface area contributed by atoms with E-state index < -0.39 is 28.6 Å². The Morgan fingerprint density at radius 2 is 1.98 bits per heavy atom. The third kappa shape index (κ3) is 6.05. The molecule has 3 aromatic rings. The van der Waals surface area contributed by atoms with Gasteiger partial charge in [0.05, 0.1) is 22.4 Å². The van der Waals surface area contributed by atoms with Crippen molar-refractivity contribution in [2.24, 2.45) is 5.92 Å². The molecule has 0 bridgehead atoms. The number of unbranched alkanes of at least 4 members (excludes halogenated alkanes) is 1. The van der Waals surface area contributed by atoms with Gasteiger partial charge in [-0.15, -0.1) is 0 Å². The highest BCUT2D eigenvalue weighted by atomic mass is 19.3. The first-order chi connectivity index (χ1) is 20.6. The van der Waals surface area contributed by atoms with Crippen molar-refractivity contribution in [3.63, 3.8) is 0 Å². The van der Waals surface area contributed by atoms with Gasteiger partial charge in [-0.2, -0.15) is 5.26 Å². The second kappa shape index (κ2) is 12.5. The summed E-state index contributed by atoms with van der Waals surface area (Å²) in [5.74, 6) is -4.79. The van der Waals surface area contributed by atoms with Crippen molar-refractivity contribution < 1.29 is 13.2 Å². The number of anilines is 1. The van der Waals surface area contributed by atoms with E-state index in [1.165, 1.54) is 24.5 Å². The lowest BCUT2D eigenvalue weighted by Crippen LogP contribution is -2.38. The molecule has 43 heavy (non-hydrogen) atoms. The molecule has 2 aromatic heterocycles. The molecule has 1 unspecified atom stereocenters. The number of alkyl halides is 2. The van der Waals surface area contributed by atoms with E-state index in [1.807, 2.05) is 24.9 Å². The predicted octanol–water partition coefficient (Wildman–Crippen LogP) is 6.84. The standard InChI is InChI=1S/C33H39F3N6O/c1-4-5-6-7-9-22(2)42-30-25(18-27(31(42)43)32(20-37)14-15-32)29(39-21-40-30)38-19-23-10-8-11-26(28(23)34)33(35,36)24-12-16-41(3)17-13-24/h6-8,10-11,18,21-22,24H,4-5,9,12-17,19H2,1-3H3,(H,38,39,40)/b7-6-. The van der Waals surface area contributed by atoms with Crippen LogP contribution in [0.3, 0.4) is 0 Å². The van der Waals surface area contributed by atoms with Crippen LogP contribution in [0.15, 0.2) is 47.5 Å². The van der Waals surface area contributed by atoms with Crippen LogP contribution in [0.25, 0.3) is 11.0 Å². The van der Waals surface area contributed by atoms with Crippen molar-refractivity contribution >= 4 is 16.9 Å². The van der Waals surface area contributed by atoms with Crippen LogP contribution >= 0.6 is 0 Å². The minimum atomic E-state index is -3.29. The van der Waals surface area contributed by atoms with Crippen molar-refractivity contribution in [2.75, 3.05) is 25.5 Å². The number of likely N-dealkylation sites (tertiary alicyclic amines) is 1. The number of benzene rings is 1. The lowest BCUT2D eigenvalue weighted by Gasteiger charge is -2.34. The number of aromatic nitrogens is 3. The van der Waals surface area contributed by atoms with E-state index in [9.17, 15) is 10.1 Å². The molecule has 5 rings (SSSR count). The van der Waals surface area contributed by atoms with Gasteiger partial charge in [-0.05, 0) is 71.7 Å². The SMILES string of the molecule is CCC/C=C\CC(C)n1c(=O)c(C2(C#N)CC2)cc2c(NCc3cccc(C(F)(F)C4CCN(C)CC4)c3F)ncnc21. The number of nitrogens with one attached hydrogen (secondary N) is 1. The molecule has 0 spiro atoms. The number of nitrogens with zero attached hydrogens (tertiary/aromatic N) is 5. The molecule has 1 aromatic carbocycles. The molecule has 1 atom stereocenters. The van der Waals surface area contributed by atoms with Crippen LogP contribution < -0.4 is 10.9 Å². The largest absolute Gasteiger partial charge is 0.365 e. The summed E-state index contributed by atoms with van der Waals surface area (Å²) in [6.45, 7) is 5.05. The second-order valence-electron chi connectivity index (χ2n) is 12.1. The van der Waals surface area contributed by atoms with Crippen molar-refractivity contribution in [3.8, 4) is 6.07 Å². The maximum absolute atomic E-state index is 15.6. The normalized spacial score (nSPS) is 18.2. The number of hydrogen-bond acceptors (Lipinski definition) is 6. The summed E-state index contributed by atoms with van der Waals surface area (Å²) in [6.07, 6.45) is 9.84. The van der Waals surface area contributed by atoms with Crippen LogP contribution in [0.1, 0.15) is 81.5 Å². The Morgan fingerprint density at radius 3 is 2.65 bits per heavy atom. The first kappa shape index (κ1) is 30.7. The molecule has 2 fully saturated rings. The van der Waals surface area contributed by atoms with Gasteiger partial charge >= 0.3 is 0 Å². The van der Waals surface area contributed by atoms with Crippen LogP contribution in [0, 0.1) is 23.1 Å². The number of halogens is 3. The van der Waals surface area contributed by atoms with Gasteiger partial charge in [-0.1, -0.05) is 43.7 Å². The summed E-state index contributed by atoms with van der Waals surface area (Å²) in [5.41, 5.74) is -0.787. The topological polar surface area (TPSA) is 86.8 Å². The maximum Gasteiger partial charge on any atom is 0.278 e. The summed E-state index contributed by atoms with van der Waals surface area (Å²) in [4.78, 5) is 24.6. The van der Waals surface area contributed by atoms with Gasteiger partial charge in [0.15, 0.2) is 0 Å². The van der Waals surface area contributed by atoms with Gasteiger partial charge in [0.25, 0.3) is 11.5 Å². The molecule has 1 aliphatic heterocycles. The predicted molar refractivity (Wildman–Crippen MR) is 162 cm³/mol. The quantitative estimate of drug-likeness (QED) is 0.246. The number of pyridine rings is 1. The Balaban J connectivity index is 1.49. The number of hydrogen-bond donors (Lipinski definition) is 1. The molecule has 2 aliphatic rings. The monoisotopic (exact) mass is 592 g/mol. The van der Waals surface area contributed by atoms with Crippen molar-refractivity contribution in [3.05, 3.63) is 75.6 Å². The summed E-state index contributed by atoms with van der Waals surface area (Å²) in [7, 11) is 1.90. The Hall–Kier alpha value is -3.71. The highest BCUT2D eigenvalue weighted by molar-refractivity contribution is 5.87. The van der Waals surface area contributed by atoms with Crippen molar-refractivity contribution in [2.45, 2.75) is 82.7 Å². The zero-order valence-electron chi connectivity index (χ0n) is 25.0. The van der Waals surface area contributed by atoms with E-state index in [-0.39, 0.29) is 23.7 Å². The van der Waals surface area contributed by atoms with Gasteiger partial charge < -0.3 is 10.2 Å². The smallest absolute Gasteiger partial charge is 0.278 e. The van der Waals surface area contributed by atoms with Crippen LogP contribution in [-0.2, 0) is 17.9 Å². The average molecular weight is 593 g/mol. The van der Waals surface area contributed by atoms with Gasteiger partial charge in [-0.3, -0.25) is 9.36 Å². The number of nitriles is 1. The fraction of sp³-hybridized carbons (Fsp3) is 0.515. The Kier molecular flexibility index (Phi) is 8.93. The maximum atomic E-state index is 15.6. The molecular weight excluding hydrogens is 553 g/mol. The molecule has 1 saturated heterocycles. The molecule has 7 nitrogen and oxygen atoms in total. The summed E-state index contributed by atoms with van der Waals surface area (Å²) < 4.78 is 48.3. The number of allylic oxidation sites excluding steroid dienone is 2. The summed E-state index contributed by atoms with van der Waals surface area (Å²) >= 11 is 0. The molecule has 1 N–H and O–H groups in total. The van der Waals surface area contributed by atoms with E-state index in [0.717, 1.165) is 12.8 Å². The Labute approximate surface area is 250 Å². The fourth-order valence-electron chi connectivity index (χ4n) is 6.03.